The summed E-state index contributed by atoms with van der Waals surface area (Å²) >= 11 is 3.41. The van der Waals surface area contributed by atoms with E-state index in [4.69, 9.17) is 5.14 Å². The highest BCUT2D eigenvalue weighted by Crippen LogP contribution is 2.35. The number of primary sulfonamides is 1. The third kappa shape index (κ3) is 4.05. The number of anilines is 3. The monoisotopic (exact) mass is 428 g/mol. The SMILES string of the molecule is NS(=O)(=O)c1ccc(NCc2cc(Br)cc3c2NC(O)C(O)N3)cc1. The van der Waals surface area contributed by atoms with E-state index in [1.54, 1.807) is 18.2 Å². The smallest absolute Gasteiger partial charge is 0.238 e. The zero-order valence-corrected chi connectivity index (χ0v) is 15.3. The standard InChI is InChI=1S/C15H17BrN4O4S/c16-9-5-8(13-12(6-9)19-14(21)15(22)20-13)7-18-10-1-3-11(4-2-10)25(17,23)24/h1-6,14-15,18-22H,7H2,(H2,17,23,24). The lowest BCUT2D eigenvalue weighted by atomic mass is 10.1. The summed E-state index contributed by atoms with van der Waals surface area (Å²) in [6.07, 6.45) is -2.23. The van der Waals surface area contributed by atoms with Gasteiger partial charge >= 0.3 is 0 Å². The van der Waals surface area contributed by atoms with Crippen molar-refractivity contribution in [2.24, 2.45) is 5.14 Å². The van der Waals surface area contributed by atoms with Gasteiger partial charge in [0.1, 0.15) is 0 Å². The zero-order chi connectivity index (χ0) is 18.2. The maximum Gasteiger partial charge on any atom is 0.238 e. The molecule has 0 saturated carbocycles. The minimum atomic E-state index is -3.72. The van der Waals surface area contributed by atoms with Crippen LogP contribution in [0.4, 0.5) is 17.1 Å². The van der Waals surface area contributed by atoms with Crippen molar-refractivity contribution in [2.45, 2.75) is 23.9 Å². The van der Waals surface area contributed by atoms with Crippen LogP contribution >= 0.6 is 15.9 Å². The van der Waals surface area contributed by atoms with Crippen LogP contribution in [0.3, 0.4) is 0 Å². The number of fused-ring (bicyclic) bond motifs is 1. The molecule has 2 aromatic carbocycles. The van der Waals surface area contributed by atoms with Crippen molar-refractivity contribution in [3.05, 3.63) is 46.4 Å². The molecular weight excluding hydrogens is 412 g/mol. The van der Waals surface area contributed by atoms with Crippen LogP contribution in [0.15, 0.2) is 45.8 Å². The number of nitrogens with one attached hydrogen (secondary N) is 3. The molecule has 1 aliphatic rings. The first-order valence-corrected chi connectivity index (χ1v) is 9.66. The average molecular weight is 429 g/mol. The van der Waals surface area contributed by atoms with E-state index in [9.17, 15) is 18.6 Å². The van der Waals surface area contributed by atoms with Crippen LogP contribution in [0.5, 0.6) is 0 Å². The molecule has 0 radical (unpaired) electrons. The maximum absolute atomic E-state index is 11.3. The van der Waals surface area contributed by atoms with E-state index >= 15 is 0 Å². The normalized spacial score (nSPS) is 19.5. The van der Waals surface area contributed by atoms with Crippen LogP contribution in [0.2, 0.25) is 0 Å². The second-order valence-corrected chi connectivity index (χ2v) is 8.07. The molecule has 2 unspecified atom stereocenters. The summed E-state index contributed by atoms with van der Waals surface area (Å²) in [6, 6.07) is 9.76. The van der Waals surface area contributed by atoms with Gasteiger partial charge in [-0.25, -0.2) is 13.6 Å². The molecule has 1 heterocycles. The van der Waals surface area contributed by atoms with Crippen molar-refractivity contribution >= 4 is 43.0 Å². The molecule has 1 aliphatic heterocycles. The van der Waals surface area contributed by atoms with Crippen LogP contribution in [0.1, 0.15) is 5.56 Å². The van der Waals surface area contributed by atoms with Gasteiger partial charge in [-0.15, -0.1) is 0 Å². The zero-order valence-electron chi connectivity index (χ0n) is 12.9. The summed E-state index contributed by atoms with van der Waals surface area (Å²) in [7, 11) is -3.72. The number of rotatable bonds is 4. The minimum Gasteiger partial charge on any atom is -0.381 e. The number of hydrogen-bond donors (Lipinski definition) is 6. The molecule has 0 amide bonds. The van der Waals surface area contributed by atoms with Crippen molar-refractivity contribution in [3.8, 4) is 0 Å². The highest BCUT2D eigenvalue weighted by atomic mass is 79.9. The topological polar surface area (TPSA) is 137 Å². The Balaban J connectivity index is 1.80. The highest BCUT2D eigenvalue weighted by molar-refractivity contribution is 9.10. The minimum absolute atomic E-state index is 0.0425. The van der Waals surface area contributed by atoms with E-state index in [0.29, 0.717) is 23.6 Å². The molecule has 7 N–H and O–H groups in total. The quantitative estimate of drug-likeness (QED) is 0.430. The fourth-order valence-electron chi connectivity index (χ4n) is 2.51. The summed E-state index contributed by atoms with van der Waals surface area (Å²) in [4.78, 5) is 0.0425. The summed E-state index contributed by atoms with van der Waals surface area (Å²) in [6.45, 7) is 0.411. The Labute approximate surface area is 153 Å². The maximum atomic E-state index is 11.3. The lowest BCUT2D eigenvalue weighted by Gasteiger charge is -2.31. The van der Waals surface area contributed by atoms with Crippen LogP contribution < -0.4 is 21.1 Å². The molecule has 2 aromatic rings. The number of aliphatic hydroxyl groups is 2. The number of hydrogen-bond acceptors (Lipinski definition) is 7. The van der Waals surface area contributed by atoms with Crippen LogP contribution in [-0.2, 0) is 16.6 Å². The Morgan fingerprint density at radius 3 is 2.40 bits per heavy atom. The molecule has 2 atom stereocenters. The van der Waals surface area contributed by atoms with Crippen LogP contribution in [0.25, 0.3) is 0 Å². The van der Waals surface area contributed by atoms with Crippen molar-refractivity contribution in [1.82, 2.24) is 0 Å². The first-order valence-electron chi connectivity index (χ1n) is 7.32. The average Bonchev–Trinajstić information content (AvgIpc) is 2.54. The molecule has 0 aromatic heterocycles. The Morgan fingerprint density at radius 1 is 1.12 bits per heavy atom. The van der Waals surface area contributed by atoms with Gasteiger partial charge in [0.25, 0.3) is 0 Å². The van der Waals surface area contributed by atoms with E-state index in [1.165, 1.54) is 12.1 Å². The lowest BCUT2D eigenvalue weighted by molar-refractivity contribution is 0.0527. The van der Waals surface area contributed by atoms with Gasteiger partial charge in [0.15, 0.2) is 12.5 Å². The second-order valence-electron chi connectivity index (χ2n) is 5.59. The summed E-state index contributed by atoms with van der Waals surface area (Å²) in [5.74, 6) is 0. The van der Waals surface area contributed by atoms with Gasteiger partial charge in [-0.3, -0.25) is 0 Å². The molecule has 0 spiro atoms. The third-order valence-corrected chi connectivity index (χ3v) is 5.13. The predicted octanol–water partition coefficient (Wildman–Crippen LogP) is 1.18. The van der Waals surface area contributed by atoms with Gasteiger partial charge in [0.05, 0.1) is 16.3 Å². The van der Waals surface area contributed by atoms with Crippen molar-refractivity contribution < 1.29 is 18.6 Å². The third-order valence-electron chi connectivity index (χ3n) is 3.75. The molecule has 10 heteroatoms. The summed E-state index contributed by atoms with van der Waals surface area (Å²) < 4.78 is 23.4. The molecule has 3 rings (SSSR count). The molecule has 8 nitrogen and oxygen atoms in total. The molecular formula is C15H17BrN4O4S. The number of benzene rings is 2. The fourth-order valence-corrected chi connectivity index (χ4v) is 3.53. The molecule has 0 aliphatic carbocycles. The van der Waals surface area contributed by atoms with Crippen molar-refractivity contribution in [2.75, 3.05) is 16.0 Å². The van der Waals surface area contributed by atoms with Gasteiger partial charge in [0, 0.05) is 16.7 Å². The van der Waals surface area contributed by atoms with Gasteiger partial charge < -0.3 is 26.2 Å². The van der Waals surface area contributed by atoms with E-state index in [-0.39, 0.29) is 4.90 Å². The molecule has 25 heavy (non-hydrogen) atoms. The Hall–Kier alpha value is -1.85. The largest absolute Gasteiger partial charge is 0.381 e. The van der Waals surface area contributed by atoms with Crippen molar-refractivity contribution in [1.29, 1.82) is 0 Å². The second kappa shape index (κ2) is 6.81. The molecule has 0 bridgehead atoms. The Kier molecular flexibility index (Phi) is 4.89. The number of sulfonamides is 1. The van der Waals surface area contributed by atoms with E-state index in [0.717, 1.165) is 10.0 Å². The molecule has 134 valence electrons. The predicted molar refractivity (Wildman–Crippen MR) is 98.5 cm³/mol. The van der Waals surface area contributed by atoms with Gasteiger partial charge in [-0.05, 0) is 42.0 Å². The highest BCUT2D eigenvalue weighted by Gasteiger charge is 2.25. The molecule has 0 saturated heterocycles. The van der Waals surface area contributed by atoms with Crippen LogP contribution in [-0.4, -0.2) is 31.1 Å². The van der Waals surface area contributed by atoms with E-state index in [1.807, 2.05) is 6.07 Å². The first kappa shape index (κ1) is 18.0. The number of halogens is 1. The van der Waals surface area contributed by atoms with Gasteiger partial charge in [-0.2, -0.15) is 0 Å². The Morgan fingerprint density at radius 2 is 1.76 bits per heavy atom. The van der Waals surface area contributed by atoms with Gasteiger partial charge in [-0.1, -0.05) is 15.9 Å². The lowest BCUT2D eigenvalue weighted by Crippen LogP contribution is -2.43. The first-order chi connectivity index (χ1) is 11.7. The fraction of sp³-hybridized carbons (Fsp3) is 0.200. The van der Waals surface area contributed by atoms with Crippen LogP contribution in [0, 0.1) is 0 Å². The number of aliphatic hydroxyl groups excluding tert-OH is 2. The summed E-state index contributed by atoms with van der Waals surface area (Å²) in [5.41, 5.74) is 2.90. The van der Waals surface area contributed by atoms with Crippen molar-refractivity contribution in [3.63, 3.8) is 0 Å². The Bertz CT molecular complexity index is 889. The van der Waals surface area contributed by atoms with Gasteiger partial charge in [0.2, 0.25) is 10.0 Å². The summed E-state index contributed by atoms with van der Waals surface area (Å²) in [5, 5.41) is 33.4. The molecule has 0 fully saturated rings. The van der Waals surface area contributed by atoms with E-state index in [2.05, 4.69) is 31.9 Å². The number of nitrogens with two attached hydrogens (primary N) is 1. The van der Waals surface area contributed by atoms with E-state index < -0.39 is 22.5 Å².